The van der Waals surface area contributed by atoms with Gasteiger partial charge in [0.1, 0.15) is 0 Å². The molecule has 2 N–H and O–H groups in total. The van der Waals surface area contributed by atoms with Crippen LogP contribution in [0.25, 0.3) is 10.8 Å². The maximum Gasteiger partial charge on any atom is 0.0914 e. The number of fused-ring (bicyclic) bond motifs is 1. The Bertz CT molecular complexity index is 584. The minimum absolute atomic E-state index is 0.235. The van der Waals surface area contributed by atoms with Gasteiger partial charge in [0, 0.05) is 19.2 Å². The molecule has 1 fully saturated rings. The van der Waals surface area contributed by atoms with Crippen LogP contribution in [0.1, 0.15) is 25.0 Å². The molecule has 0 aliphatic carbocycles. The second-order valence-corrected chi connectivity index (χ2v) is 5.50. The quantitative estimate of drug-likeness (QED) is 0.898. The molecule has 106 valence electrons. The highest BCUT2D eigenvalue weighted by atomic mass is 16.5. The summed E-state index contributed by atoms with van der Waals surface area (Å²) in [6, 6.07) is 14.7. The van der Waals surface area contributed by atoms with Gasteiger partial charge in [-0.05, 0) is 35.7 Å². The number of benzene rings is 2. The average Bonchev–Trinajstić information content (AvgIpc) is 2.89. The molecule has 3 nitrogen and oxygen atoms in total. The molecule has 0 bridgehead atoms. The lowest BCUT2D eigenvalue weighted by Crippen LogP contribution is -2.37. The molecule has 2 aromatic rings. The summed E-state index contributed by atoms with van der Waals surface area (Å²) in [6.45, 7) is 3.45. The molecular weight excluding hydrogens is 250 g/mol. The molecule has 1 aliphatic heterocycles. The molecule has 3 heteroatoms. The summed E-state index contributed by atoms with van der Waals surface area (Å²) in [4.78, 5) is 0. The summed E-state index contributed by atoms with van der Waals surface area (Å²) in [5.74, 6) is 0. The molecule has 3 unspecified atom stereocenters. The van der Waals surface area contributed by atoms with Crippen molar-refractivity contribution >= 4 is 10.8 Å². The maximum absolute atomic E-state index is 10.3. The van der Waals surface area contributed by atoms with E-state index in [1.807, 2.05) is 18.2 Å². The predicted octanol–water partition coefficient (Wildman–Crippen LogP) is 2.64. The Morgan fingerprint density at radius 3 is 2.80 bits per heavy atom. The molecule has 0 saturated carbocycles. The van der Waals surface area contributed by atoms with Crippen LogP contribution in [0, 0.1) is 0 Å². The fourth-order valence-electron chi connectivity index (χ4n) is 2.80. The molecule has 1 aliphatic rings. The average molecular weight is 271 g/mol. The van der Waals surface area contributed by atoms with Crippen molar-refractivity contribution in [3.8, 4) is 0 Å². The minimum atomic E-state index is -0.479. The molecule has 0 aromatic heterocycles. The van der Waals surface area contributed by atoms with Gasteiger partial charge in [-0.15, -0.1) is 0 Å². The third-order valence-corrected chi connectivity index (χ3v) is 4.11. The zero-order valence-electron chi connectivity index (χ0n) is 11.8. The summed E-state index contributed by atoms with van der Waals surface area (Å²) in [7, 11) is 0. The minimum Gasteiger partial charge on any atom is -0.387 e. The molecule has 0 radical (unpaired) electrons. The topological polar surface area (TPSA) is 41.5 Å². The van der Waals surface area contributed by atoms with Crippen LogP contribution in [0.15, 0.2) is 42.5 Å². The van der Waals surface area contributed by atoms with Gasteiger partial charge in [-0.2, -0.15) is 0 Å². The van der Waals surface area contributed by atoms with Gasteiger partial charge in [0.05, 0.1) is 12.2 Å². The van der Waals surface area contributed by atoms with Gasteiger partial charge in [0.15, 0.2) is 0 Å². The van der Waals surface area contributed by atoms with Gasteiger partial charge in [-0.25, -0.2) is 0 Å². The highest BCUT2D eigenvalue weighted by Crippen LogP contribution is 2.21. The largest absolute Gasteiger partial charge is 0.387 e. The van der Waals surface area contributed by atoms with Crippen molar-refractivity contribution in [1.29, 1.82) is 0 Å². The molecule has 20 heavy (non-hydrogen) atoms. The Morgan fingerprint density at radius 2 is 2.05 bits per heavy atom. The van der Waals surface area contributed by atoms with Crippen molar-refractivity contribution < 1.29 is 9.84 Å². The van der Waals surface area contributed by atoms with Crippen molar-refractivity contribution in [3.63, 3.8) is 0 Å². The molecule has 3 atom stereocenters. The van der Waals surface area contributed by atoms with Crippen LogP contribution >= 0.6 is 0 Å². The molecule has 0 spiro atoms. The van der Waals surface area contributed by atoms with Gasteiger partial charge < -0.3 is 15.2 Å². The highest BCUT2D eigenvalue weighted by molar-refractivity contribution is 5.83. The summed E-state index contributed by atoms with van der Waals surface area (Å²) >= 11 is 0. The van der Waals surface area contributed by atoms with Crippen molar-refractivity contribution in [1.82, 2.24) is 5.32 Å². The molecule has 0 amide bonds. The normalized spacial score (nSPS) is 24.1. The summed E-state index contributed by atoms with van der Waals surface area (Å²) in [5, 5.41) is 16.1. The van der Waals surface area contributed by atoms with Crippen LogP contribution in [0.3, 0.4) is 0 Å². The van der Waals surface area contributed by atoms with Crippen LogP contribution in [0.4, 0.5) is 0 Å². The number of aliphatic hydroxyl groups is 1. The zero-order chi connectivity index (χ0) is 13.9. The standard InChI is InChI=1S/C17H21NO2/c1-12-16(8-9-20-12)18-11-17(19)15-7-6-13-4-2-3-5-14(13)10-15/h2-7,10,12,16-19H,8-9,11H2,1H3. The molecular formula is C17H21NO2. The first-order chi connectivity index (χ1) is 9.74. The Morgan fingerprint density at radius 1 is 1.25 bits per heavy atom. The second kappa shape index (κ2) is 5.92. The molecule has 3 rings (SSSR count). The van der Waals surface area contributed by atoms with E-state index in [2.05, 4.69) is 36.5 Å². The van der Waals surface area contributed by atoms with E-state index in [1.54, 1.807) is 0 Å². The van der Waals surface area contributed by atoms with Gasteiger partial charge >= 0.3 is 0 Å². The van der Waals surface area contributed by atoms with E-state index in [1.165, 1.54) is 10.8 Å². The lowest BCUT2D eigenvalue weighted by molar-refractivity contribution is 0.107. The zero-order valence-corrected chi connectivity index (χ0v) is 11.8. The van der Waals surface area contributed by atoms with Crippen LogP contribution in [0.2, 0.25) is 0 Å². The summed E-state index contributed by atoms with van der Waals surface area (Å²) in [6.07, 6.45) is 0.775. The van der Waals surface area contributed by atoms with Gasteiger partial charge in [0.2, 0.25) is 0 Å². The summed E-state index contributed by atoms with van der Waals surface area (Å²) in [5.41, 5.74) is 0.961. The van der Waals surface area contributed by atoms with E-state index < -0.39 is 6.10 Å². The van der Waals surface area contributed by atoms with Crippen LogP contribution < -0.4 is 5.32 Å². The smallest absolute Gasteiger partial charge is 0.0914 e. The Balaban J connectivity index is 1.67. The van der Waals surface area contributed by atoms with Crippen molar-refractivity contribution in [2.45, 2.75) is 31.6 Å². The number of rotatable bonds is 4. The van der Waals surface area contributed by atoms with E-state index >= 15 is 0 Å². The lowest BCUT2D eigenvalue weighted by atomic mass is 10.0. The van der Waals surface area contributed by atoms with E-state index in [9.17, 15) is 5.11 Å². The highest BCUT2D eigenvalue weighted by Gasteiger charge is 2.24. The molecule has 2 aromatic carbocycles. The fourth-order valence-corrected chi connectivity index (χ4v) is 2.80. The number of aliphatic hydroxyl groups excluding tert-OH is 1. The van der Waals surface area contributed by atoms with Crippen molar-refractivity contribution in [2.75, 3.05) is 13.2 Å². The third kappa shape index (κ3) is 2.85. The van der Waals surface area contributed by atoms with Crippen LogP contribution in [-0.2, 0) is 4.74 Å². The summed E-state index contributed by atoms with van der Waals surface area (Å²) < 4.78 is 5.52. The Kier molecular flexibility index (Phi) is 4.01. The monoisotopic (exact) mass is 271 g/mol. The van der Waals surface area contributed by atoms with Crippen molar-refractivity contribution in [3.05, 3.63) is 48.0 Å². The van der Waals surface area contributed by atoms with E-state index in [4.69, 9.17) is 4.74 Å². The number of hydrogen-bond acceptors (Lipinski definition) is 3. The van der Waals surface area contributed by atoms with Crippen molar-refractivity contribution in [2.24, 2.45) is 0 Å². The van der Waals surface area contributed by atoms with Gasteiger partial charge in [-0.3, -0.25) is 0 Å². The predicted molar refractivity (Wildman–Crippen MR) is 80.7 cm³/mol. The number of nitrogens with one attached hydrogen (secondary N) is 1. The van der Waals surface area contributed by atoms with E-state index in [0.29, 0.717) is 12.6 Å². The number of ether oxygens (including phenoxy) is 1. The second-order valence-electron chi connectivity index (χ2n) is 5.50. The Hall–Kier alpha value is -1.42. The molecule has 1 heterocycles. The number of hydrogen-bond donors (Lipinski definition) is 2. The third-order valence-electron chi connectivity index (χ3n) is 4.11. The van der Waals surface area contributed by atoms with E-state index in [-0.39, 0.29) is 6.10 Å². The Labute approximate surface area is 119 Å². The van der Waals surface area contributed by atoms with Crippen LogP contribution in [0.5, 0.6) is 0 Å². The van der Waals surface area contributed by atoms with E-state index in [0.717, 1.165) is 18.6 Å². The van der Waals surface area contributed by atoms with Crippen LogP contribution in [-0.4, -0.2) is 30.4 Å². The molecule has 1 saturated heterocycles. The first-order valence-electron chi connectivity index (χ1n) is 7.26. The maximum atomic E-state index is 10.3. The first-order valence-corrected chi connectivity index (χ1v) is 7.26. The first kappa shape index (κ1) is 13.6. The lowest BCUT2D eigenvalue weighted by Gasteiger charge is -2.19. The van der Waals surface area contributed by atoms with Gasteiger partial charge in [0.25, 0.3) is 0 Å². The van der Waals surface area contributed by atoms with Gasteiger partial charge in [-0.1, -0.05) is 36.4 Å². The SMILES string of the molecule is CC1OCCC1NCC(O)c1ccc2ccccc2c1. The fraction of sp³-hybridized carbons (Fsp3) is 0.412.